The number of rotatable bonds is 5. The van der Waals surface area contributed by atoms with Gasteiger partial charge in [0.05, 0.1) is 16.5 Å². The molecule has 166 valence electrons. The summed E-state index contributed by atoms with van der Waals surface area (Å²) >= 11 is 0. The van der Waals surface area contributed by atoms with Crippen molar-refractivity contribution in [3.8, 4) is 0 Å². The fourth-order valence-electron chi connectivity index (χ4n) is 4.17. The molecular weight excluding hydrogens is 435 g/mol. The molecule has 0 aliphatic carbocycles. The summed E-state index contributed by atoms with van der Waals surface area (Å²) in [6.07, 6.45) is -3.50. The first-order valence-corrected chi connectivity index (χ1v) is 12.0. The van der Waals surface area contributed by atoms with E-state index >= 15 is 0 Å². The molecule has 0 amide bonds. The Labute approximate surface area is 185 Å². The van der Waals surface area contributed by atoms with Gasteiger partial charge in [0, 0.05) is 19.3 Å². The smallest absolute Gasteiger partial charge is 0.284 e. The van der Waals surface area contributed by atoms with Crippen LogP contribution in [-0.4, -0.2) is 32.7 Å². The van der Waals surface area contributed by atoms with Gasteiger partial charge in [-0.3, -0.25) is 4.90 Å². The first-order valence-electron chi connectivity index (χ1n) is 10.1. The van der Waals surface area contributed by atoms with Crippen molar-refractivity contribution in [3.63, 3.8) is 0 Å². The number of hydrogen-bond acceptors (Lipinski definition) is 3. The van der Waals surface area contributed by atoms with Crippen molar-refractivity contribution in [3.05, 3.63) is 113 Å². The second kappa shape index (κ2) is 8.56. The van der Waals surface area contributed by atoms with Gasteiger partial charge >= 0.3 is 6.18 Å². The highest BCUT2D eigenvalue weighted by Gasteiger charge is 2.36. The second-order valence-corrected chi connectivity index (χ2v) is 9.86. The molecule has 0 aromatic heterocycles. The monoisotopic (exact) mass is 457 g/mol. The maximum absolute atomic E-state index is 13.2. The Hall–Kier alpha value is -2.90. The molecular formula is C25H22F3NO2S. The van der Waals surface area contributed by atoms with Crippen LogP contribution in [0.25, 0.3) is 4.91 Å². The van der Waals surface area contributed by atoms with E-state index in [0.29, 0.717) is 18.7 Å². The number of halogens is 3. The summed E-state index contributed by atoms with van der Waals surface area (Å²) in [5.74, 6) is 0. The van der Waals surface area contributed by atoms with E-state index in [9.17, 15) is 21.6 Å². The Bertz CT molecular complexity index is 1190. The summed E-state index contributed by atoms with van der Waals surface area (Å²) in [7, 11) is -3.73. The van der Waals surface area contributed by atoms with Crippen molar-refractivity contribution < 1.29 is 21.6 Å². The molecule has 3 aromatic rings. The van der Waals surface area contributed by atoms with Crippen LogP contribution in [0, 0.1) is 0 Å². The number of nitrogens with zero attached hydrogens (tertiary/aromatic N) is 1. The summed E-state index contributed by atoms with van der Waals surface area (Å²) in [6.45, 7) is 0.709. The summed E-state index contributed by atoms with van der Waals surface area (Å²) in [6, 6.07) is 24.2. The third-order valence-corrected chi connectivity index (χ3v) is 6.79. The maximum atomic E-state index is 13.2. The van der Waals surface area contributed by atoms with Crippen LogP contribution in [0.2, 0.25) is 0 Å². The van der Waals surface area contributed by atoms with Crippen LogP contribution in [0.15, 0.2) is 90.5 Å². The first-order chi connectivity index (χ1) is 15.1. The van der Waals surface area contributed by atoms with Crippen molar-refractivity contribution in [1.29, 1.82) is 0 Å². The molecule has 0 N–H and O–H groups in total. The number of alkyl halides is 3. The second-order valence-electron chi connectivity index (χ2n) is 7.91. The van der Waals surface area contributed by atoms with E-state index in [4.69, 9.17) is 0 Å². The predicted octanol–water partition coefficient (Wildman–Crippen LogP) is 5.57. The quantitative estimate of drug-likeness (QED) is 0.503. The molecule has 3 nitrogen and oxygen atoms in total. The normalized spacial score (nSPS) is 15.0. The van der Waals surface area contributed by atoms with E-state index in [1.165, 1.54) is 12.1 Å². The lowest BCUT2D eigenvalue weighted by Crippen LogP contribution is -2.44. The van der Waals surface area contributed by atoms with E-state index in [2.05, 4.69) is 4.90 Å². The average Bonchev–Trinajstić information content (AvgIpc) is 2.72. The van der Waals surface area contributed by atoms with Gasteiger partial charge in [-0.1, -0.05) is 72.8 Å². The Morgan fingerprint density at radius 1 is 0.844 bits per heavy atom. The van der Waals surface area contributed by atoms with Gasteiger partial charge in [-0.15, -0.1) is 0 Å². The zero-order chi connectivity index (χ0) is 22.9. The largest absolute Gasteiger partial charge is 0.416 e. The zero-order valence-electron chi connectivity index (χ0n) is 17.4. The number of hydrogen-bond donors (Lipinski definition) is 0. The van der Waals surface area contributed by atoms with E-state index in [0.717, 1.165) is 29.5 Å². The highest BCUT2D eigenvalue weighted by atomic mass is 32.2. The predicted molar refractivity (Wildman–Crippen MR) is 120 cm³/mol. The average molecular weight is 458 g/mol. The molecule has 7 heteroatoms. The van der Waals surface area contributed by atoms with Gasteiger partial charge in [-0.05, 0) is 34.4 Å². The fraction of sp³-hybridized carbons (Fsp3) is 0.200. The molecule has 1 fully saturated rings. The summed E-state index contributed by atoms with van der Waals surface area (Å²) in [5.41, 5.74) is 1.96. The first kappa shape index (κ1) is 22.3. The molecule has 0 bridgehead atoms. The van der Waals surface area contributed by atoms with E-state index < -0.39 is 21.6 Å². The van der Waals surface area contributed by atoms with Gasteiger partial charge < -0.3 is 0 Å². The van der Waals surface area contributed by atoms with Crippen LogP contribution < -0.4 is 0 Å². The van der Waals surface area contributed by atoms with Crippen LogP contribution in [-0.2, 0) is 16.0 Å². The SMILES string of the molecule is CS(=O)(=O)C(=C1CN(C(c2ccccc2)c2ccccc2)C1)c1cccc(C(F)(F)F)c1. The molecule has 0 atom stereocenters. The van der Waals surface area contributed by atoms with Crippen molar-refractivity contribution in [2.24, 2.45) is 0 Å². The molecule has 1 saturated heterocycles. The van der Waals surface area contributed by atoms with Crippen molar-refractivity contribution in [2.75, 3.05) is 19.3 Å². The van der Waals surface area contributed by atoms with Crippen molar-refractivity contribution in [2.45, 2.75) is 12.2 Å². The fourth-order valence-corrected chi connectivity index (χ4v) is 5.38. The molecule has 0 saturated carbocycles. The minimum absolute atomic E-state index is 0.0141. The highest BCUT2D eigenvalue weighted by molar-refractivity contribution is 8.00. The van der Waals surface area contributed by atoms with E-state index in [-0.39, 0.29) is 16.5 Å². The number of benzene rings is 3. The molecule has 0 unspecified atom stereocenters. The topological polar surface area (TPSA) is 37.4 Å². The third kappa shape index (κ3) is 4.64. The van der Waals surface area contributed by atoms with Crippen LogP contribution in [0.4, 0.5) is 13.2 Å². The summed E-state index contributed by atoms with van der Waals surface area (Å²) in [5, 5.41) is 0. The standard InChI is InChI=1S/C25H22F3NO2S/c1-32(30,31)24(20-13-8-14-22(15-20)25(26,27)28)21-16-29(17-21)23(18-9-4-2-5-10-18)19-11-6-3-7-12-19/h2-15,23H,16-17H2,1H3. The zero-order valence-corrected chi connectivity index (χ0v) is 18.2. The molecule has 0 radical (unpaired) electrons. The molecule has 1 heterocycles. The van der Waals surface area contributed by atoms with Gasteiger partial charge in [0.25, 0.3) is 0 Å². The van der Waals surface area contributed by atoms with Gasteiger partial charge in [-0.2, -0.15) is 13.2 Å². The summed E-state index contributed by atoms with van der Waals surface area (Å²) in [4.78, 5) is 2.11. The van der Waals surface area contributed by atoms with Gasteiger partial charge in [0.2, 0.25) is 0 Å². The minimum atomic E-state index is -4.54. The molecule has 3 aromatic carbocycles. The van der Waals surface area contributed by atoms with Crippen LogP contribution >= 0.6 is 0 Å². The molecule has 1 aliphatic rings. The molecule has 32 heavy (non-hydrogen) atoms. The Balaban J connectivity index is 1.72. The molecule has 4 rings (SSSR count). The Morgan fingerprint density at radius 3 is 1.84 bits per heavy atom. The third-order valence-electron chi connectivity index (χ3n) is 5.53. The van der Waals surface area contributed by atoms with Gasteiger partial charge in [0.1, 0.15) is 0 Å². The lowest BCUT2D eigenvalue weighted by molar-refractivity contribution is -0.137. The summed E-state index contributed by atoms with van der Waals surface area (Å²) < 4.78 is 64.8. The Kier molecular flexibility index (Phi) is 5.97. The van der Waals surface area contributed by atoms with Crippen molar-refractivity contribution >= 4 is 14.7 Å². The van der Waals surface area contributed by atoms with E-state index in [1.54, 1.807) is 0 Å². The Morgan fingerprint density at radius 2 is 1.38 bits per heavy atom. The number of sulfone groups is 1. The lowest BCUT2D eigenvalue weighted by Gasteiger charge is -2.42. The van der Waals surface area contributed by atoms with Crippen LogP contribution in [0.3, 0.4) is 0 Å². The van der Waals surface area contributed by atoms with Gasteiger partial charge in [-0.25, -0.2) is 8.42 Å². The van der Waals surface area contributed by atoms with Gasteiger partial charge in [0.15, 0.2) is 9.84 Å². The number of likely N-dealkylation sites (tertiary alicyclic amines) is 1. The lowest BCUT2D eigenvalue weighted by atomic mass is 9.92. The maximum Gasteiger partial charge on any atom is 0.416 e. The molecule has 1 aliphatic heterocycles. The van der Waals surface area contributed by atoms with Crippen LogP contribution in [0.1, 0.15) is 28.3 Å². The van der Waals surface area contributed by atoms with E-state index in [1.807, 2.05) is 60.7 Å². The molecule has 0 spiro atoms. The highest BCUT2D eigenvalue weighted by Crippen LogP contribution is 2.39. The van der Waals surface area contributed by atoms with Crippen LogP contribution in [0.5, 0.6) is 0 Å². The minimum Gasteiger partial charge on any atom is -0.284 e. The van der Waals surface area contributed by atoms with Crippen molar-refractivity contribution in [1.82, 2.24) is 4.90 Å².